The van der Waals surface area contributed by atoms with Crippen molar-refractivity contribution in [3.63, 3.8) is 0 Å². The largest absolute Gasteiger partial charge is 0.374 e. The lowest BCUT2D eigenvalue weighted by Gasteiger charge is -2.29. The Balaban J connectivity index is 2.42. The Morgan fingerprint density at radius 1 is 1.25 bits per heavy atom. The van der Waals surface area contributed by atoms with Crippen LogP contribution in [0.2, 0.25) is 0 Å². The molecule has 0 aromatic rings. The summed E-state index contributed by atoms with van der Waals surface area (Å²) >= 11 is 0. The third-order valence-electron chi connectivity index (χ3n) is 3.98. The summed E-state index contributed by atoms with van der Waals surface area (Å²) in [6.07, 6.45) is 7.65. The molecule has 0 saturated heterocycles. The molecule has 0 radical (unpaired) electrons. The van der Waals surface area contributed by atoms with Crippen molar-refractivity contribution in [2.45, 2.75) is 64.9 Å². The van der Waals surface area contributed by atoms with Crippen LogP contribution in [0.4, 0.5) is 0 Å². The number of rotatable bonds is 6. The Kier molecular flexibility index (Phi) is 6.04. The predicted octanol–water partition coefficient (Wildman–Crippen LogP) is 3.59. The molecule has 0 heterocycles. The summed E-state index contributed by atoms with van der Waals surface area (Å²) in [7, 11) is 1.66. The minimum atomic E-state index is -0.145. The second-order valence-electron chi connectivity index (χ2n) is 5.04. The number of ether oxygens (including phenoxy) is 1. The molecule has 1 rings (SSSR count). The van der Waals surface area contributed by atoms with Gasteiger partial charge in [0.2, 0.25) is 0 Å². The molecule has 0 aliphatic heterocycles. The number of carbonyl (C=O) groups excluding carboxylic acids is 1. The van der Waals surface area contributed by atoms with Crippen LogP contribution < -0.4 is 0 Å². The molecule has 0 bridgehead atoms. The van der Waals surface area contributed by atoms with Gasteiger partial charge in [0.05, 0.1) is 0 Å². The molecular weight excluding hydrogens is 200 g/mol. The molecule has 2 heteroatoms. The van der Waals surface area contributed by atoms with Gasteiger partial charge < -0.3 is 4.74 Å². The molecule has 1 atom stereocenters. The molecule has 0 aromatic carbocycles. The van der Waals surface area contributed by atoms with Gasteiger partial charge in [-0.15, -0.1) is 0 Å². The van der Waals surface area contributed by atoms with Crippen molar-refractivity contribution in [2.75, 3.05) is 7.11 Å². The van der Waals surface area contributed by atoms with E-state index < -0.39 is 0 Å². The lowest BCUT2D eigenvalue weighted by Crippen LogP contribution is -2.32. The first-order valence-corrected chi connectivity index (χ1v) is 6.79. The summed E-state index contributed by atoms with van der Waals surface area (Å²) in [5.41, 5.74) is 0. The molecule has 1 unspecified atom stereocenters. The average Bonchev–Trinajstić information content (AvgIpc) is 2.35. The van der Waals surface area contributed by atoms with Crippen LogP contribution in [-0.2, 0) is 9.53 Å². The van der Waals surface area contributed by atoms with Crippen LogP contribution >= 0.6 is 0 Å². The van der Waals surface area contributed by atoms with Crippen LogP contribution in [0, 0.1) is 11.8 Å². The number of hydrogen-bond donors (Lipinski definition) is 0. The van der Waals surface area contributed by atoms with E-state index >= 15 is 0 Å². The maximum absolute atomic E-state index is 12.2. The standard InChI is InChI=1S/C14H26O2/c1-4-6-13(16-3)14(15)12-9-7-11(5-2)8-10-12/h11-13H,4-10H2,1-3H3. The van der Waals surface area contributed by atoms with E-state index in [4.69, 9.17) is 4.74 Å². The summed E-state index contributed by atoms with van der Waals surface area (Å²) in [4.78, 5) is 12.2. The molecule has 2 nitrogen and oxygen atoms in total. The molecule has 1 aliphatic carbocycles. The van der Waals surface area contributed by atoms with Crippen LogP contribution in [0.15, 0.2) is 0 Å². The second-order valence-corrected chi connectivity index (χ2v) is 5.04. The van der Waals surface area contributed by atoms with Crippen LogP contribution in [0.25, 0.3) is 0 Å². The fourth-order valence-electron chi connectivity index (χ4n) is 2.76. The van der Waals surface area contributed by atoms with Crippen molar-refractivity contribution in [1.82, 2.24) is 0 Å². The second kappa shape index (κ2) is 7.05. The van der Waals surface area contributed by atoms with Gasteiger partial charge in [-0.05, 0) is 38.0 Å². The highest BCUT2D eigenvalue weighted by Crippen LogP contribution is 2.32. The summed E-state index contributed by atoms with van der Waals surface area (Å²) < 4.78 is 5.31. The quantitative estimate of drug-likeness (QED) is 0.692. The van der Waals surface area contributed by atoms with E-state index in [1.165, 1.54) is 19.3 Å². The van der Waals surface area contributed by atoms with E-state index in [0.29, 0.717) is 5.78 Å². The molecule has 0 amide bonds. The molecule has 0 N–H and O–H groups in total. The van der Waals surface area contributed by atoms with E-state index in [9.17, 15) is 4.79 Å². The van der Waals surface area contributed by atoms with Crippen LogP contribution in [-0.4, -0.2) is 19.0 Å². The summed E-state index contributed by atoms with van der Waals surface area (Å²) in [6.45, 7) is 4.36. The highest BCUT2D eigenvalue weighted by atomic mass is 16.5. The third-order valence-corrected chi connectivity index (χ3v) is 3.98. The number of Topliss-reactive ketones (excluding diaryl/α,β-unsaturated/α-hetero) is 1. The Hall–Kier alpha value is -0.370. The molecule has 1 saturated carbocycles. The molecule has 1 aliphatic rings. The van der Waals surface area contributed by atoms with Gasteiger partial charge in [0.25, 0.3) is 0 Å². The van der Waals surface area contributed by atoms with Crippen molar-refractivity contribution in [1.29, 1.82) is 0 Å². The normalized spacial score (nSPS) is 27.7. The topological polar surface area (TPSA) is 26.3 Å². The van der Waals surface area contributed by atoms with Gasteiger partial charge in [0.15, 0.2) is 5.78 Å². The SMILES string of the molecule is CCCC(OC)C(=O)C1CCC(CC)CC1. The minimum Gasteiger partial charge on any atom is -0.374 e. The van der Waals surface area contributed by atoms with Gasteiger partial charge >= 0.3 is 0 Å². The van der Waals surface area contributed by atoms with Crippen LogP contribution in [0.5, 0.6) is 0 Å². The predicted molar refractivity (Wildman–Crippen MR) is 66.5 cm³/mol. The summed E-state index contributed by atoms with van der Waals surface area (Å²) in [5, 5.41) is 0. The maximum Gasteiger partial charge on any atom is 0.164 e. The Bertz CT molecular complexity index is 205. The monoisotopic (exact) mass is 226 g/mol. The van der Waals surface area contributed by atoms with Gasteiger partial charge in [-0.2, -0.15) is 0 Å². The minimum absolute atomic E-state index is 0.145. The first-order chi connectivity index (χ1) is 7.72. The lowest BCUT2D eigenvalue weighted by molar-refractivity contribution is -0.134. The number of carbonyl (C=O) groups is 1. The Morgan fingerprint density at radius 3 is 2.31 bits per heavy atom. The fourth-order valence-corrected chi connectivity index (χ4v) is 2.76. The molecular formula is C14H26O2. The van der Waals surface area contributed by atoms with Gasteiger partial charge in [-0.1, -0.05) is 26.7 Å². The number of ketones is 1. The zero-order valence-electron chi connectivity index (χ0n) is 11.0. The van der Waals surface area contributed by atoms with Crippen molar-refractivity contribution >= 4 is 5.78 Å². The maximum atomic E-state index is 12.2. The number of hydrogen-bond acceptors (Lipinski definition) is 2. The van der Waals surface area contributed by atoms with Gasteiger partial charge in [-0.3, -0.25) is 4.79 Å². The molecule has 0 aromatic heterocycles. The van der Waals surface area contributed by atoms with Crippen LogP contribution in [0.3, 0.4) is 0 Å². The smallest absolute Gasteiger partial charge is 0.164 e. The van der Waals surface area contributed by atoms with E-state index in [1.807, 2.05) is 0 Å². The van der Waals surface area contributed by atoms with Gasteiger partial charge in [0.1, 0.15) is 6.10 Å². The average molecular weight is 226 g/mol. The fraction of sp³-hybridized carbons (Fsp3) is 0.929. The molecule has 94 valence electrons. The Morgan fingerprint density at radius 2 is 1.88 bits per heavy atom. The van der Waals surface area contributed by atoms with Gasteiger partial charge in [-0.25, -0.2) is 0 Å². The van der Waals surface area contributed by atoms with Crippen molar-refractivity contribution in [2.24, 2.45) is 11.8 Å². The van der Waals surface area contributed by atoms with Crippen molar-refractivity contribution < 1.29 is 9.53 Å². The number of methoxy groups -OCH3 is 1. The highest BCUT2D eigenvalue weighted by Gasteiger charge is 2.29. The molecule has 1 fully saturated rings. The third kappa shape index (κ3) is 3.58. The Labute approximate surface area is 99.8 Å². The summed E-state index contributed by atoms with van der Waals surface area (Å²) in [5.74, 6) is 1.49. The van der Waals surface area contributed by atoms with E-state index in [-0.39, 0.29) is 12.0 Å². The summed E-state index contributed by atoms with van der Waals surface area (Å²) in [6, 6.07) is 0. The van der Waals surface area contributed by atoms with E-state index in [0.717, 1.165) is 31.6 Å². The zero-order valence-corrected chi connectivity index (χ0v) is 11.0. The zero-order chi connectivity index (χ0) is 12.0. The first kappa shape index (κ1) is 13.7. The van der Waals surface area contributed by atoms with Gasteiger partial charge in [0, 0.05) is 13.0 Å². The van der Waals surface area contributed by atoms with Crippen molar-refractivity contribution in [3.05, 3.63) is 0 Å². The molecule has 0 spiro atoms. The van der Waals surface area contributed by atoms with Crippen LogP contribution in [0.1, 0.15) is 58.8 Å². The lowest BCUT2D eigenvalue weighted by atomic mass is 9.77. The van der Waals surface area contributed by atoms with E-state index in [1.54, 1.807) is 7.11 Å². The first-order valence-electron chi connectivity index (χ1n) is 6.79. The highest BCUT2D eigenvalue weighted by molar-refractivity contribution is 5.85. The van der Waals surface area contributed by atoms with E-state index in [2.05, 4.69) is 13.8 Å². The van der Waals surface area contributed by atoms with Crippen molar-refractivity contribution in [3.8, 4) is 0 Å². The molecule has 16 heavy (non-hydrogen) atoms.